The van der Waals surface area contributed by atoms with Crippen molar-refractivity contribution in [3.63, 3.8) is 0 Å². The summed E-state index contributed by atoms with van der Waals surface area (Å²) in [4.78, 5) is 82.8. The van der Waals surface area contributed by atoms with Gasteiger partial charge in [0, 0.05) is 57.6 Å². The van der Waals surface area contributed by atoms with Crippen LogP contribution in [-0.4, -0.2) is 158 Å². The Morgan fingerprint density at radius 3 is 1.47 bits per heavy atom. The van der Waals surface area contributed by atoms with E-state index in [0.29, 0.717) is 58.0 Å². The summed E-state index contributed by atoms with van der Waals surface area (Å²) in [6, 6.07) is -2.45. The van der Waals surface area contributed by atoms with E-state index in [9.17, 15) is 38.7 Å². The maximum atomic E-state index is 12.2. The van der Waals surface area contributed by atoms with Gasteiger partial charge in [-0.15, -0.1) is 0 Å². The molecule has 0 aromatic heterocycles. The van der Waals surface area contributed by atoms with E-state index < -0.39 is 29.8 Å². The predicted molar refractivity (Wildman–Crippen MR) is 252 cm³/mol. The van der Waals surface area contributed by atoms with Crippen molar-refractivity contribution in [1.29, 1.82) is 0 Å². The van der Waals surface area contributed by atoms with Gasteiger partial charge in [0.2, 0.25) is 29.5 Å². The SMILES string of the molecule is CC.C[NH-].[B]C(=O)[C@@H](N)CCCCNC(=O)[C@@H](N)CCCCNC(=O)COCCOCCNC(=O)COCCOCCNC(=O)CC[C@H](NC(=O)CCCCCCCCCCC)C(=O)O.[V]. The molecule has 3 radical (unpaired) electrons. The van der Waals surface area contributed by atoms with Crippen molar-refractivity contribution in [2.24, 2.45) is 11.5 Å². The Morgan fingerprint density at radius 2 is 0.970 bits per heavy atom. The second-order valence-corrected chi connectivity index (χ2v) is 14.9. The van der Waals surface area contributed by atoms with E-state index in [1.807, 2.05) is 13.8 Å². The first-order chi connectivity index (χ1) is 31.4. The second kappa shape index (κ2) is 52.8. The molecular formula is C44H86BN8O12V-. The number of ether oxygens (including phenoxy) is 4. The van der Waals surface area contributed by atoms with Crippen molar-refractivity contribution >= 4 is 49.0 Å². The van der Waals surface area contributed by atoms with Crippen molar-refractivity contribution in [2.45, 2.75) is 154 Å². The number of carboxylic acids is 1. The Balaban J connectivity index is -0.00000373. The molecule has 20 nitrogen and oxygen atoms in total. The van der Waals surface area contributed by atoms with E-state index in [4.69, 9.17) is 44.0 Å². The molecule has 0 aromatic carbocycles. The average Bonchev–Trinajstić information content (AvgIpc) is 3.29. The number of hydrogen-bond donors (Lipinski definition) is 8. The smallest absolute Gasteiger partial charge is 0.326 e. The molecule has 0 unspecified atom stereocenters. The van der Waals surface area contributed by atoms with E-state index in [1.165, 1.54) is 39.2 Å². The molecule has 0 aliphatic heterocycles. The zero-order valence-corrected chi connectivity index (χ0v) is 42.0. The first kappa shape index (κ1) is 69.4. The molecular weight excluding hydrogens is 894 g/mol. The maximum absolute atomic E-state index is 12.2. The van der Waals surface area contributed by atoms with Gasteiger partial charge in [-0.3, -0.25) is 24.0 Å². The number of nitrogens with two attached hydrogens (primary N) is 2. The molecule has 0 aliphatic rings. The van der Waals surface area contributed by atoms with Crippen LogP contribution in [0.3, 0.4) is 0 Å². The molecule has 22 heteroatoms. The van der Waals surface area contributed by atoms with E-state index in [1.54, 1.807) is 0 Å². The van der Waals surface area contributed by atoms with E-state index in [0.717, 1.165) is 19.3 Å². The summed E-state index contributed by atoms with van der Waals surface area (Å²) >= 11 is 0. The van der Waals surface area contributed by atoms with Gasteiger partial charge in [-0.1, -0.05) is 72.1 Å². The molecule has 5 amide bonds. The van der Waals surface area contributed by atoms with Gasteiger partial charge < -0.3 is 72.6 Å². The van der Waals surface area contributed by atoms with Gasteiger partial charge in [-0.05, 0) is 51.4 Å². The molecule has 0 fully saturated rings. The number of carbonyl (C=O) groups is 7. The molecule has 0 aliphatic carbocycles. The summed E-state index contributed by atoms with van der Waals surface area (Å²) in [5, 5.41) is 22.8. The predicted octanol–water partition coefficient (Wildman–Crippen LogP) is 2.17. The van der Waals surface area contributed by atoms with Crippen LogP contribution in [0.2, 0.25) is 0 Å². The fourth-order valence-electron chi connectivity index (χ4n) is 5.70. The van der Waals surface area contributed by atoms with E-state index in [-0.39, 0.29) is 133 Å². The number of nitrogens with one attached hydrogen (secondary N) is 6. The Morgan fingerprint density at radius 1 is 0.530 bits per heavy atom. The summed E-state index contributed by atoms with van der Waals surface area (Å²) in [5.41, 5.74) is 16.7. The van der Waals surface area contributed by atoms with Crippen molar-refractivity contribution in [1.82, 2.24) is 26.6 Å². The van der Waals surface area contributed by atoms with Gasteiger partial charge in [0.25, 0.3) is 0 Å². The zero-order chi connectivity index (χ0) is 49.4. The minimum atomic E-state index is -1.18. The molecule has 0 heterocycles. The van der Waals surface area contributed by atoms with Crippen LogP contribution in [-0.2, 0) is 71.1 Å². The molecule has 383 valence electrons. The molecule has 0 rings (SSSR count). The number of unbranched alkanes of at least 4 members (excludes halogenated alkanes) is 10. The summed E-state index contributed by atoms with van der Waals surface area (Å²) < 4.78 is 21.3. The number of rotatable bonds is 43. The molecule has 3 atom stereocenters. The Hall–Kier alpha value is -3.14. The molecule has 11 N–H and O–H groups in total. The van der Waals surface area contributed by atoms with Crippen LogP contribution < -0.4 is 38.1 Å². The number of carbonyl (C=O) groups excluding carboxylic acids is 6. The Bertz CT molecular complexity index is 1230. The summed E-state index contributed by atoms with van der Waals surface area (Å²) in [6.07, 6.45) is 13.8. The van der Waals surface area contributed by atoms with Gasteiger partial charge in [-0.2, -0.15) is 7.05 Å². The average molecular weight is 981 g/mol. The topological polar surface area (TPSA) is 313 Å². The Labute approximate surface area is 408 Å². The molecule has 0 saturated carbocycles. The van der Waals surface area contributed by atoms with Gasteiger partial charge >= 0.3 is 5.97 Å². The first-order valence-electron chi connectivity index (χ1n) is 23.6. The maximum Gasteiger partial charge on any atom is 0.326 e. The zero-order valence-electron chi connectivity index (χ0n) is 40.6. The normalized spacial score (nSPS) is 11.7. The molecule has 0 saturated heterocycles. The third-order valence-corrected chi connectivity index (χ3v) is 9.36. The van der Waals surface area contributed by atoms with Crippen LogP contribution in [0.5, 0.6) is 0 Å². The summed E-state index contributed by atoms with van der Waals surface area (Å²) in [7, 11) is 6.36. The van der Waals surface area contributed by atoms with Gasteiger partial charge in [0.05, 0.1) is 57.4 Å². The third-order valence-electron chi connectivity index (χ3n) is 9.36. The van der Waals surface area contributed by atoms with Crippen LogP contribution in [0.1, 0.15) is 136 Å². The van der Waals surface area contributed by atoms with Crippen LogP contribution in [0.25, 0.3) is 5.73 Å². The van der Waals surface area contributed by atoms with E-state index in [2.05, 4.69) is 33.5 Å². The first-order valence-corrected chi connectivity index (χ1v) is 23.6. The minimum absolute atomic E-state index is 0. The van der Waals surface area contributed by atoms with Crippen molar-refractivity contribution < 1.29 is 76.2 Å². The van der Waals surface area contributed by atoms with Crippen LogP contribution in [0.15, 0.2) is 0 Å². The number of amides is 5. The minimum Gasteiger partial charge on any atom is -0.680 e. The second-order valence-electron chi connectivity index (χ2n) is 14.9. The van der Waals surface area contributed by atoms with Crippen molar-refractivity contribution in [3.8, 4) is 0 Å². The van der Waals surface area contributed by atoms with Crippen LogP contribution in [0, 0.1) is 0 Å². The van der Waals surface area contributed by atoms with Crippen molar-refractivity contribution in [3.05, 3.63) is 5.73 Å². The number of hydrogen-bond acceptors (Lipinski definition) is 13. The quantitative estimate of drug-likeness (QED) is 0.0321. The number of carboxylic acid groups (broad SMARTS) is 1. The molecule has 0 spiro atoms. The largest absolute Gasteiger partial charge is 0.680 e. The van der Waals surface area contributed by atoms with Crippen LogP contribution in [0.4, 0.5) is 0 Å². The van der Waals surface area contributed by atoms with Gasteiger partial charge in [0.1, 0.15) is 19.3 Å². The van der Waals surface area contributed by atoms with Crippen molar-refractivity contribution in [2.75, 3.05) is 86.1 Å². The molecule has 0 bridgehead atoms. The summed E-state index contributed by atoms with van der Waals surface area (Å²) in [5.74, 6) is -2.70. The van der Waals surface area contributed by atoms with E-state index >= 15 is 0 Å². The molecule has 0 aromatic rings. The third kappa shape index (κ3) is 48.8. The number of aliphatic carboxylic acids is 1. The fourth-order valence-corrected chi connectivity index (χ4v) is 5.70. The van der Waals surface area contributed by atoms with Gasteiger partial charge in [-0.25, -0.2) is 4.79 Å². The van der Waals surface area contributed by atoms with Gasteiger partial charge in [0.15, 0.2) is 7.85 Å². The summed E-state index contributed by atoms with van der Waals surface area (Å²) in [6.45, 7) is 8.46. The Kier molecular flexibility index (Phi) is 55.6. The standard InChI is InChI=1S/C41H76BN7O12.C2H6.CH4N.V/c1-2-3-4-5-6-7-8-9-10-17-36(51)49-34(41(56)57)18-19-35(50)46-22-24-58-26-29-61-31-38(53)47-23-25-59-27-28-60-30-37(52)45-20-13-12-16-33(44)40(55)48-21-14-11-15-32(43)39(42)54;2*1-2;/h32-34H,2-31,43-44H2,1H3,(H,45,52)(H,46,50)(H,47,53)(H,48,55)(H,49,51)(H,56,57);1-2H3;2H,1H3;/q;;-1;/t32-,33-,34-;;;/m0.../s1. The van der Waals surface area contributed by atoms with Crippen LogP contribution >= 0.6 is 0 Å². The molecule has 66 heavy (non-hydrogen) atoms. The monoisotopic (exact) mass is 981 g/mol. The fraction of sp³-hybridized carbons (Fsp3) is 0.841.